The van der Waals surface area contributed by atoms with Gasteiger partial charge >= 0.3 is 0 Å². The Bertz CT molecular complexity index is 1040. The van der Waals surface area contributed by atoms with Crippen LogP contribution in [0.3, 0.4) is 0 Å². The highest BCUT2D eigenvalue weighted by atomic mass is 16.2. The predicted octanol–water partition coefficient (Wildman–Crippen LogP) is 1.35. The number of aromatic nitrogens is 7. The molecule has 4 rings (SSSR count). The van der Waals surface area contributed by atoms with Crippen LogP contribution in [0.15, 0.2) is 48.8 Å². The zero-order valence-electron chi connectivity index (χ0n) is 13.4. The lowest BCUT2D eigenvalue weighted by atomic mass is 10.2. The zero-order chi connectivity index (χ0) is 17.2. The Labute approximate surface area is 142 Å². The van der Waals surface area contributed by atoms with E-state index in [0.717, 1.165) is 22.3 Å². The summed E-state index contributed by atoms with van der Waals surface area (Å²) in [5.41, 5.74) is 4.07. The van der Waals surface area contributed by atoms with Gasteiger partial charge in [0.15, 0.2) is 0 Å². The standard InChI is InChI=1S/C16H14N8O/c1-11-8-12(6-7-14(11)24-10-17-20-22-24)18-16(25)9-23-15-5-3-2-4-13(15)19-21-23/h2-8,10H,9H2,1H3,(H,18,25). The number of benzene rings is 2. The molecule has 1 amide bonds. The van der Waals surface area contributed by atoms with Crippen molar-refractivity contribution in [2.45, 2.75) is 13.5 Å². The summed E-state index contributed by atoms with van der Waals surface area (Å²) in [5, 5.41) is 22.1. The first-order chi connectivity index (χ1) is 12.2. The summed E-state index contributed by atoms with van der Waals surface area (Å²) in [6.07, 6.45) is 1.52. The molecule has 9 nitrogen and oxygen atoms in total. The van der Waals surface area contributed by atoms with E-state index < -0.39 is 0 Å². The van der Waals surface area contributed by atoms with Crippen molar-refractivity contribution in [1.29, 1.82) is 0 Å². The van der Waals surface area contributed by atoms with Gasteiger partial charge in [-0.3, -0.25) is 4.79 Å². The van der Waals surface area contributed by atoms with Gasteiger partial charge in [0.1, 0.15) is 18.4 Å². The van der Waals surface area contributed by atoms with Crippen molar-refractivity contribution in [1.82, 2.24) is 35.2 Å². The molecule has 1 N–H and O–H groups in total. The molecule has 0 bridgehead atoms. The Morgan fingerprint density at radius 1 is 1.16 bits per heavy atom. The van der Waals surface area contributed by atoms with Crippen molar-refractivity contribution >= 4 is 22.6 Å². The molecule has 0 saturated heterocycles. The number of aryl methyl sites for hydroxylation is 1. The van der Waals surface area contributed by atoms with Gasteiger partial charge in [0, 0.05) is 5.69 Å². The van der Waals surface area contributed by atoms with Gasteiger partial charge in [-0.05, 0) is 53.2 Å². The Kier molecular flexibility index (Phi) is 3.65. The lowest BCUT2D eigenvalue weighted by molar-refractivity contribution is -0.116. The molecular weight excluding hydrogens is 320 g/mol. The molecular formula is C16H14N8O. The molecule has 0 aliphatic heterocycles. The number of tetrazole rings is 1. The fourth-order valence-corrected chi connectivity index (χ4v) is 2.63. The van der Waals surface area contributed by atoms with Gasteiger partial charge in [-0.15, -0.1) is 10.2 Å². The van der Waals surface area contributed by atoms with E-state index in [0.29, 0.717) is 5.69 Å². The fraction of sp³-hybridized carbons (Fsp3) is 0.125. The second kappa shape index (κ2) is 6.11. The highest BCUT2D eigenvalue weighted by Crippen LogP contribution is 2.18. The first kappa shape index (κ1) is 14.9. The number of rotatable bonds is 4. The topological polar surface area (TPSA) is 103 Å². The number of fused-ring (bicyclic) bond motifs is 1. The summed E-state index contributed by atoms with van der Waals surface area (Å²) in [7, 11) is 0. The van der Waals surface area contributed by atoms with Crippen LogP contribution >= 0.6 is 0 Å². The lowest BCUT2D eigenvalue weighted by Gasteiger charge is -2.09. The summed E-state index contributed by atoms with van der Waals surface area (Å²) < 4.78 is 3.15. The quantitative estimate of drug-likeness (QED) is 0.604. The van der Waals surface area contributed by atoms with Crippen LogP contribution in [0.2, 0.25) is 0 Å². The van der Waals surface area contributed by atoms with Gasteiger partial charge in [0.25, 0.3) is 0 Å². The van der Waals surface area contributed by atoms with E-state index in [2.05, 4.69) is 31.2 Å². The summed E-state index contributed by atoms with van der Waals surface area (Å²) in [4.78, 5) is 12.3. The molecule has 0 aliphatic rings. The molecule has 0 spiro atoms. The number of carbonyl (C=O) groups excluding carboxylic acids is 1. The molecule has 0 radical (unpaired) electrons. The van der Waals surface area contributed by atoms with Crippen molar-refractivity contribution in [3.63, 3.8) is 0 Å². The molecule has 2 aromatic carbocycles. The number of hydrogen-bond acceptors (Lipinski definition) is 6. The molecule has 0 unspecified atom stereocenters. The third-order valence-corrected chi connectivity index (χ3v) is 3.79. The van der Waals surface area contributed by atoms with E-state index in [-0.39, 0.29) is 12.5 Å². The molecule has 0 aliphatic carbocycles. The molecule has 0 saturated carbocycles. The molecule has 124 valence electrons. The van der Waals surface area contributed by atoms with Gasteiger partial charge in [-0.2, -0.15) is 0 Å². The Hall–Kier alpha value is -3.62. The molecule has 4 aromatic rings. The number of nitrogens with one attached hydrogen (secondary N) is 1. The lowest BCUT2D eigenvalue weighted by Crippen LogP contribution is -2.19. The Balaban J connectivity index is 1.50. The number of amides is 1. The second-order valence-electron chi connectivity index (χ2n) is 5.54. The normalized spacial score (nSPS) is 10.9. The van der Waals surface area contributed by atoms with Crippen LogP contribution in [0.1, 0.15) is 5.56 Å². The van der Waals surface area contributed by atoms with Gasteiger partial charge in [-0.1, -0.05) is 17.3 Å². The van der Waals surface area contributed by atoms with Crippen LogP contribution in [0.4, 0.5) is 5.69 Å². The Morgan fingerprint density at radius 2 is 2.04 bits per heavy atom. The maximum absolute atomic E-state index is 12.3. The van der Waals surface area contributed by atoms with Crippen LogP contribution in [0.25, 0.3) is 16.7 Å². The minimum atomic E-state index is -0.176. The molecule has 0 atom stereocenters. The summed E-state index contributed by atoms with van der Waals surface area (Å²) >= 11 is 0. The van der Waals surface area contributed by atoms with Crippen LogP contribution in [0.5, 0.6) is 0 Å². The van der Waals surface area contributed by atoms with Crippen molar-refractivity contribution < 1.29 is 4.79 Å². The second-order valence-corrected chi connectivity index (χ2v) is 5.54. The van der Waals surface area contributed by atoms with Gasteiger partial charge < -0.3 is 5.32 Å². The molecule has 2 aromatic heterocycles. The van der Waals surface area contributed by atoms with Crippen molar-refractivity contribution in [2.75, 3.05) is 5.32 Å². The highest BCUT2D eigenvalue weighted by molar-refractivity contribution is 5.91. The van der Waals surface area contributed by atoms with Crippen molar-refractivity contribution in [2.24, 2.45) is 0 Å². The average Bonchev–Trinajstić information content (AvgIpc) is 3.26. The van der Waals surface area contributed by atoms with Gasteiger partial charge in [0.05, 0.1) is 11.2 Å². The van der Waals surface area contributed by atoms with E-state index in [1.54, 1.807) is 15.4 Å². The minimum absolute atomic E-state index is 0.0916. The zero-order valence-corrected chi connectivity index (χ0v) is 13.4. The summed E-state index contributed by atoms with van der Waals surface area (Å²) in [5.74, 6) is -0.176. The molecule has 9 heteroatoms. The van der Waals surface area contributed by atoms with Crippen LogP contribution in [0, 0.1) is 6.92 Å². The first-order valence-corrected chi connectivity index (χ1v) is 7.63. The molecule has 0 fully saturated rings. The number of anilines is 1. The van der Waals surface area contributed by atoms with Crippen molar-refractivity contribution in [3.8, 4) is 5.69 Å². The maximum atomic E-state index is 12.3. The van der Waals surface area contributed by atoms with E-state index in [1.807, 2.05) is 43.3 Å². The van der Waals surface area contributed by atoms with Gasteiger partial charge in [-0.25, -0.2) is 9.36 Å². The maximum Gasteiger partial charge on any atom is 0.246 e. The fourth-order valence-electron chi connectivity index (χ4n) is 2.63. The van der Waals surface area contributed by atoms with E-state index in [1.165, 1.54) is 6.33 Å². The van der Waals surface area contributed by atoms with E-state index in [9.17, 15) is 4.79 Å². The highest BCUT2D eigenvalue weighted by Gasteiger charge is 2.10. The number of hydrogen-bond donors (Lipinski definition) is 1. The Morgan fingerprint density at radius 3 is 2.84 bits per heavy atom. The third kappa shape index (κ3) is 2.94. The first-order valence-electron chi connectivity index (χ1n) is 7.63. The summed E-state index contributed by atoms with van der Waals surface area (Å²) in [6, 6.07) is 13.0. The van der Waals surface area contributed by atoms with Gasteiger partial charge in [0.2, 0.25) is 5.91 Å². The number of nitrogens with zero attached hydrogens (tertiary/aromatic N) is 7. The smallest absolute Gasteiger partial charge is 0.246 e. The number of para-hydroxylation sites is 1. The van der Waals surface area contributed by atoms with Crippen LogP contribution in [-0.4, -0.2) is 41.1 Å². The average molecular weight is 334 g/mol. The summed E-state index contributed by atoms with van der Waals surface area (Å²) in [6.45, 7) is 2.02. The van der Waals surface area contributed by atoms with E-state index >= 15 is 0 Å². The molecule has 2 heterocycles. The molecule has 25 heavy (non-hydrogen) atoms. The van der Waals surface area contributed by atoms with Crippen LogP contribution < -0.4 is 5.32 Å². The van der Waals surface area contributed by atoms with E-state index in [4.69, 9.17) is 0 Å². The van der Waals surface area contributed by atoms with Crippen LogP contribution in [-0.2, 0) is 11.3 Å². The third-order valence-electron chi connectivity index (χ3n) is 3.79. The SMILES string of the molecule is Cc1cc(NC(=O)Cn2nnc3ccccc32)ccc1-n1cnnn1. The predicted molar refractivity (Wildman–Crippen MR) is 90.0 cm³/mol. The minimum Gasteiger partial charge on any atom is -0.324 e. The number of carbonyl (C=O) groups is 1. The largest absolute Gasteiger partial charge is 0.324 e. The van der Waals surface area contributed by atoms with Crippen molar-refractivity contribution in [3.05, 3.63) is 54.4 Å². The monoisotopic (exact) mass is 334 g/mol.